The second-order valence-electron chi connectivity index (χ2n) is 4.32. The summed E-state index contributed by atoms with van der Waals surface area (Å²) in [7, 11) is -4.05. The molecule has 0 atom stereocenters. The van der Waals surface area contributed by atoms with Crippen LogP contribution in [0.4, 0.5) is 13.2 Å². The van der Waals surface area contributed by atoms with Gasteiger partial charge in [-0.05, 0) is 38.3 Å². The molecule has 0 spiro atoms. The summed E-state index contributed by atoms with van der Waals surface area (Å²) in [5.74, 6) is 0.427. The van der Waals surface area contributed by atoms with E-state index in [-0.39, 0.29) is 6.54 Å². The van der Waals surface area contributed by atoms with Crippen molar-refractivity contribution in [3.8, 4) is 0 Å². The van der Waals surface area contributed by atoms with E-state index in [1.165, 1.54) is 4.72 Å². The van der Waals surface area contributed by atoms with Gasteiger partial charge in [-0.1, -0.05) is 0 Å². The monoisotopic (exact) mass is 289 g/mol. The lowest BCUT2D eigenvalue weighted by molar-refractivity contribution is -0.121. The van der Waals surface area contributed by atoms with Crippen LogP contribution in [0.15, 0.2) is 0 Å². The number of alkyl halides is 3. The van der Waals surface area contributed by atoms with Crippen molar-refractivity contribution < 1.29 is 21.6 Å². The van der Waals surface area contributed by atoms with Crippen LogP contribution in [0.5, 0.6) is 0 Å². The zero-order chi connectivity index (χ0) is 13.6. The van der Waals surface area contributed by atoms with Crippen molar-refractivity contribution in [1.82, 2.24) is 14.8 Å². The van der Waals surface area contributed by atoms with E-state index in [4.69, 9.17) is 0 Å². The molecule has 1 saturated heterocycles. The molecular formula is C9H18F3N3O2S. The Hall–Kier alpha value is -0.380. The van der Waals surface area contributed by atoms with Gasteiger partial charge in [0, 0.05) is 6.54 Å². The van der Waals surface area contributed by atoms with E-state index in [1.807, 2.05) is 0 Å². The highest BCUT2D eigenvalue weighted by Crippen LogP contribution is 2.15. The van der Waals surface area contributed by atoms with E-state index in [0.29, 0.717) is 12.3 Å². The molecule has 1 heterocycles. The second-order valence-corrected chi connectivity index (χ2v) is 5.90. The fraction of sp³-hybridized carbons (Fsp3) is 1.00. The van der Waals surface area contributed by atoms with Crippen LogP contribution in [0.25, 0.3) is 0 Å². The van der Waals surface area contributed by atoms with Crippen molar-refractivity contribution in [2.24, 2.45) is 5.92 Å². The molecule has 3 N–H and O–H groups in total. The topological polar surface area (TPSA) is 70.2 Å². The predicted molar refractivity (Wildman–Crippen MR) is 61.2 cm³/mol. The van der Waals surface area contributed by atoms with Gasteiger partial charge in [-0.3, -0.25) is 0 Å². The maximum atomic E-state index is 11.8. The van der Waals surface area contributed by atoms with Gasteiger partial charge < -0.3 is 5.32 Å². The van der Waals surface area contributed by atoms with Crippen LogP contribution in [-0.4, -0.2) is 40.8 Å². The summed E-state index contributed by atoms with van der Waals surface area (Å²) in [6.07, 6.45) is -1.95. The molecule has 0 aromatic carbocycles. The lowest BCUT2D eigenvalue weighted by Crippen LogP contribution is -2.42. The van der Waals surface area contributed by atoms with Gasteiger partial charge in [-0.15, -0.1) is 0 Å². The number of hydrogen-bond acceptors (Lipinski definition) is 3. The Balaban J connectivity index is 2.20. The lowest BCUT2D eigenvalue weighted by Gasteiger charge is -2.22. The molecule has 0 radical (unpaired) electrons. The Labute approximate surface area is 105 Å². The summed E-state index contributed by atoms with van der Waals surface area (Å²) in [4.78, 5) is 0. The first-order valence-electron chi connectivity index (χ1n) is 5.80. The molecule has 0 aromatic heterocycles. The van der Waals surface area contributed by atoms with Crippen LogP contribution < -0.4 is 14.8 Å². The van der Waals surface area contributed by atoms with E-state index in [9.17, 15) is 21.6 Å². The summed E-state index contributed by atoms with van der Waals surface area (Å²) in [6.45, 7) is 0.432. The molecule has 5 nitrogen and oxygen atoms in total. The third-order valence-electron chi connectivity index (χ3n) is 2.77. The van der Waals surface area contributed by atoms with Gasteiger partial charge in [0.2, 0.25) is 0 Å². The van der Waals surface area contributed by atoms with Gasteiger partial charge in [-0.2, -0.15) is 26.3 Å². The predicted octanol–water partition coefficient (Wildman–Crippen LogP) is 0.362. The quantitative estimate of drug-likeness (QED) is 0.661. The van der Waals surface area contributed by atoms with Gasteiger partial charge in [0.15, 0.2) is 0 Å². The zero-order valence-corrected chi connectivity index (χ0v) is 10.7. The average Bonchev–Trinajstić information content (AvgIpc) is 2.27. The standard InChI is InChI=1S/C9H18F3N3O2S/c10-9(11,12)7-15-18(16,17)14-6-3-8-1-4-13-5-2-8/h8,13-15H,1-7H2. The number of rotatable bonds is 6. The molecule has 0 amide bonds. The molecule has 0 aliphatic carbocycles. The molecule has 1 aliphatic rings. The first kappa shape index (κ1) is 15.7. The number of hydrogen-bond donors (Lipinski definition) is 3. The van der Waals surface area contributed by atoms with Crippen LogP contribution in [0, 0.1) is 5.92 Å². The van der Waals surface area contributed by atoms with Gasteiger partial charge in [0.1, 0.15) is 6.54 Å². The zero-order valence-electron chi connectivity index (χ0n) is 9.89. The fourth-order valence-electron chi connectivity index (χ4n) is 1.80. The highest BCUT2D eigenvalue weighted by atomic mass is 32.2. The fourth-order valence-corrected chi connectivity index (χ4v) is 2.64. The largest absolute Gasteiger partial charge is 0.402 e. The van der Waals surface area contributed by atoms with Crippen LogP contribution in [0.3, 0.4) is 0 Å². The third kappa shape index (κ3) is 7.14. The Morgan fingerprint density at radius 3 is 2.33 bits per heavy atom. The van der Waals surface area contributed by atoms with Crippen molar-refractivity contribution in [3.63, 3.8) is 0 Å². The third-order valence-corrected chi connectivity index (χ3v) is 3.87. The molecule has 0 bridgehead atoms. The molecular weight excluding hydrogens is 271 g/mol. The van der Waals surface area contributed by atoms with Crippen LogP contribution >= 0.6 is 0 Å². The van der Waals surface area contributed by atoms with Crippen LogP contribution in [-0.2, 0) is 10.2 Å². The Morgan fingerprint density at radius 2 is 1.78 bits per heavy atom. The smallest absolute Gasteiger partial charge is 0.317 e. The van der Waals surface area contributed by atoms with Gasteiger partial charge in [-0.25, -0.2) is 4.72 Å². The van der Waals surface area contributed by atoms with Gasteiger partial charge in [0.25, 0.3) is 10.2 Å². The maximum Gasteiger partial charge on any atom is 0.402 e. The molecule has 18 heavy (non-hydrogen) atoms. The second kappa shape index (κ2) is 6.69. The van der Waals surface area contributed by atoms with Gasteiger partial charge >= 0.3 is 6.18 Å². The Morgan fingerprint density at radius 1 is 1.17 bits per heavy atom. The number of halogens is 3. The first-order chi connectivity index (χ1) is 8.29. The minimum absolute atomic E-state index is 0.165. The van der Waals surface area contributed by atoms with Gasteiger partial charge in [0.05, 0.1) is 0 Å². The van der Waals surface area contributed by atoms with Crippen molar-refractivity contribution >= 4 is 10.2 Å². The highest BCUT2D eigenvalue weighted by molar-refractivity contribution is 7.87. The van der Waals surface area contributed by atoms with Crippen molar-refractivity contribution in [2.45, 2.75) is 25.4 Å². The van der Waals surface area contributed by atoms with E-state index in [0.717, 1.165) is 25.9 Å². The van der Waals surface area contributed by atoms with E-state index >= 15 is 0 Å². The molecule has 1 rings (SSSR count). The molecule has 0 aromatic rings. The molecule has 9 heteroatoms. The first-order valence-corrected chi connectivity index (χ1v) is 7.28. The lowest BCUT2D eigenvalue weighted by atomic mass is 9.95. The summed E-state index contributed by atoms with van der Waals surface area (Å²) in [6, 6.07) is 0. The summed E-state index contributed by atoms with van der Waals surface area (Å²) >= 11 is 0. The maximum absolute atomic E-state index is 11.8. The highest BCUT2D eigenvalue weighted by Gasteiger charge is 2.29. The molecule has 1 fully saturated rings. The molecule has 0 unspecified atom stereocenters. The SMILES string of the molecule is O=S(=O)(NCCC1CCNCC1)NCC(F)(F)F. The van der Waals surface area contributed by atoms with Crippen LogP contribution in [0.2, 0.25) is 0 Å². The Kier molecular flexibility index (Phi) is 5.83. The minimum Gasteiger partial charge on any atom is -0.317 e. The summed E-state index contributed by atoms with van der Waals surface area (Å²) in [5, 5.41) is 3.18. The van der Waals surface area contributed by atoms with E-state index in [1.54, 1.807) is 0 Å². The summed E-state index contributed by atoms with van der Waals surface area (Å²) < 4.78 is 61.5. The van der Waals surface area contributed by atoms with E-state index < -0.39 is 22.9 Å². The normalized spacial score (nSPS) is 19.1. The van der Waals surface area contributed by atoms with Crippen molar-refractivity contribution in [1.29, 1.82) is 0 Å². The molecule has 108 valence electrons. The average molecular weight is 289 g/mol. The minimum atomic E-state index is -4.54. The van der Waals surface area contributed by atoms with Crippen molar-refractivity contribution in [2.75, 3.05) is 26.2 Å². The molecule has 0 saturated carbocycles. The summed E-state index contributed by atoms with van der Waals surface area (Å²) in [5.41, 5.74) is 0. The van der Waals surface area contributed by atoms with E-state index in [2.05, 4.69) is 10.0 Å². The number of piperidine rings is 1. The Bertz CT molecular complexity index is 339. The molecule has 1 aliphatic heterocycles. The van der Waals surface area contributed by atoms with Crippen molar-refractivity contribution in [3.05, 3.63) is 0 Å². The van der Waals surface area contributed by atoms with Crippen LogP contribution in [0.1, 0.15) is 19.3 Å². The number of nitrogens with one attached hydrogen (secondary N) is 3.